The van der Waals surface area contributed by atoms with E-state index in [4.69, 9.17) is 5.73 Å². The number of hydrogen-bond donors (Lipinski definition) is 2. The van der Waals surface area contributed by atoms with Crippen molar-refractivity contribution < 1.29 is 9.59 Å². The molecule has 0 saturated heterocycles. The second kappa shape index (κ2) is 5.23. The molecule has 2 amide bonds. The van der Waals surface area contributed by atoms with Crippen LogP contribution in [-0.4, -0.2) is 21.6 Å². The van der Waals surface area contributed by atoms with Crippen molar-refractivity contribution in [2.75, 3.05) is 5.32 Å². The first-order chi connectivity index (χ1) is 8.99. The van der Waals surface area contributed by atoms with E-state index in [-0.39, 0.29) is 11.9 Å². The highest BCUT2D eigenvalue weighted by Gasteiger charge is 2.15. The van der Waals surface area contributed by atoms with Crippen molar-refractivity contribution in [2.24, 2.45) is 5.73 Å². The van der Waals surface area contributed by atoms with Crippen LogP contribution in [0.3, 0.4) is 0 Å². The SMILES string of the molecule is CC(C)n1ccc(C(=O)Nc2sccc2C(N)=O)n1. The number of thiophene rings is 1. The molecular formula is C12H14N4O2S. The molecule has 0 fully saturated rings. The Kier molecular flexibility index (Phi) is 3.66. The fraction of sp³-hybridized carbons (Fsp3) is 0.250. The van der Waals surface area contributed by atoms with E-state index in [9.17, 15) is 9.59 Å². The van der Waals surface area contributed by atoms with Crippen molar-refractivity contribution in [2.45, 2.75) is 19.9 Å². The summed E-state index contributed by atoms with van der Waals surface area (Å²) >= 11 is 1.25. The zero-order chi connectivity index (χ0) is 14.0. The topological polar surface area (TPSA) is 90.0 Å². The van der Waals surface area contributed by atoms with Crippen molar-refractivity contribution in [3.05, 3.63) is 35.0 Å². The monoisotopic (exact) mass is 278 g/mol. The Morgan fingerprint density at radius 3 is 2.74 bits per heavy atom. The Hall–Kier alpha value is -2.15. The second-order valence-electron chi connectivity index (χ2n) is 4.26. The first-order valence-electron chi connectivity index (χ1n) is 5.73. The first-order valence-corrected chi connectivity index (χ1v) is 6.61. The molecule has 6 nitrogen and oxygen atoms in total. The Labute approximate surface area is 114 Å². The zero-order valence-electron chi connectivity index (χ0n) is 10.6. The van der Waals surface area contributed by atoms with E-state index < -0.39 is 5.91 Å². The smallest absolute Gasteiger partial charge is 0.276 e. The summed E-state index contributed by atoms with van der Waals surface area (Å²) in [6.07, 6.45) is 1.74. The van der Waals surface area contributed by atoms with Gasteiger partial charge < -0.3 is 11.1 Å². The lowest BCUT2D eigenvalue weighted by Crippen LogP contribution is -2.17. The molecule has 19 heavy (non-hydrogen) atoms. The van der Waals surface area contributed by atoms with Crippen LogP contribution in [0.2, 0.25) is 0 Å². The van der Waals surface area contributed by atoms with Crippen LogP contribution in [0.5, 0.6) is 0 Å². The number of hydrogen-bond acceptors (Lipinski definition) is 4. The van der Waals surface area contributed by atoms with Gasteiger partial charge in [-0.05, 0) is 31.4 Å². The van der Waals surface area contributed by atoms with E-state index in [1.54, 1.807) is 28.4 Å². The highest BCUT2D eigenvalue weighted by Crippen LogP contribution is 2.23. The molecule has 2 aromatic rings. The molecule has 0 aromatic carbocycles. The summed E-state index contributed by atoms with van der Waals surface area (Å²) in [5, 5.41) is 8.94. The molecule has 0 radical (unpaired) electrons. The standard InChI is InChI=1S/C12H14N4O2S/c1-7(2)16-5-3-9(15-16)11(18)14-12-8(10(13)17)4-6-19-12/h3-7H,1-2H3,(H2,13,17)(H,14,18). The Balaban J connectivity index is 2.16. The second-order valence-corrected chi connectivity index (χ2v) is 5.17. The third-order valence-corrected chi connectivity index (χ3v) is 3.36. The highest BCUT2D eigenvalue weighted by molar-refractivity contribution is 7.14. The highest BCUT2D eigenvalue weighted by atomic mass is 32.1. The van der Waals surface area contributed by atoms with E-state index in [1.807, 2.05) is 13.8 Å². The average Bonchev–Trinajstić information content (AvgIpc) is 2.96. The van der Waals surface area contributed by atoms with Crippen LogP contribution in [0.1, 0.15) is 40.7 Å². The van der Waals surface area contributed by atoms with E-state index >= 15 is 0 Å². The number of amides is 2. The largest absolute Gasteiger partial charge is 0.366 e. The van der Waals surface area contributed by atoms with E-state index in [2.05, 4.69) is 10.4 Å². The van der Waals surface area contributed by atoms with Crippen LogP contribution in [0.4, 0.5) is 5.00 Å². The molecular weight excluding hydrogens is 264 g/mol. The minimum absolute atomic E-state index is 0.185. The van der Waals surface area contributed by atoms with Gasteiger partial charge in [-0.3, -0.25) is 14.3 Å². The molecule has 0 spiro atoms. The number of nitrogens with two attached hydrogens (primary N) is 1. The predicted octanol–water partition coefficient (Wildman–Crippen LogP) is 1.88. The lowest BCUT2D eigenvalue weighted by molar-refractivity contribution is 0.100. The van der Waals surface area contributed by atoms with Gasteiger partial charge in [0, 0.05) is 12.2 Å². The van der Waals surface area contributed by atoms with Gasteiger partial charge in [0.05, 0.1) is 5.56 Å². The third kappa shape index (κ3) is 2.82. The fourth-order valence-corrected chi connectivity index (χ4v) is 2.30. The summed E-state index contributed by atoms with van der Waals surface area (Å²) in [5.41, 5.74) is 5.82. The molecule has 0 unspecified atom stereocenters. The van der Waals surface area contributed by atoms with Crippen molar-refractivity contribution in [1.29, 1.82) is 0 Å². The maximum Gasteiger partial charge on any atom is 0.276 e. The molecule has 0 aliphatic rings. The normalized spacial score (nSPS) is 10.7. The van der Waals surface area contributed by atoms with Crippen LogP contribution >= 0.6 is 11.3 Å². The van der Waals surface area contributed by atoms with Gasteiger partial charge in [0.2, 0.25) is 0 Å². The quantitative estimate of drug-likeness (QED) is 0.894. The van der Waals surface area contributed by atoms with Gasteiger partial charge in [-0.2, -0.15) is 5.10 Å². The maximum absolute atomic E-state index is 12.0. The van der Waals surface area contributed by atoms with Gasteiger partial charge in [-0.25, -0.2) is 0 Å². The Bertz CT molecular complexity index is 615. The van der Waals surface area contributed by atoms with Gasteiger partial charge in [0.1, 0.15) is 5.00 Å². The van der Waals surface area contributed by atoms with Crippen LogP contribution in [0.15, 0.2) is 23.7 Å². The van der Waals surface area contributed by atoms with Gasteiger partial charge in [0.25, 0.3) is 11.8 Å². The number of carbonyl (C=O) groups excluding carboxylic acids is 2. The number of aromatic nitrogens is 2. The number of anilines is 1. The summed E-state index contributed by atoms with van der Waals surface area (Å²) in [7, 11) is 0. The maximum atomic E-state index is 12.0. The summed E-state index contributed by atoms with van der Waals surface area (Å²) in [5.74, 6) is -0.923. The van der Waals surface area contributed by atoms with Crippen molar-refractivity contribution in [3.8, 4) is 0 Å². The summed E-state index contributed by atoms with van der Waals surface area (Å²) in [6, 6.07) is 3.40. The van der Waals surface area contributed by atoms with Gasteiger partial charge in [0.15, 0.2) is 5.69 Å². The number of primary amides is 1. The number of nitrogens with one attached hydrogen (secondary N) is 1. The minimum atomic E-state index is -0.566. The van der Waals surface area contributed by atoms with Crippen molar-refractivity contribution >= 4 is 28.2 Å². The molecule has 3 N–H and O–H groups in total. The van der Waals surface area contributed by atoms with Crippen LogP contribution < -0.4 is 11.1 Å². The molecule has 100 valence electrons. The molecule has 2 rings (SSSR count). The Morgan fingerprint density at radius 2 is 2.16 bits per heavy atom. The first kappa shape index (κ1) is 13.3. The molecule has 0 bridgehead atoms. The van der Waals surface area contributed by atoms with Gasteiger partial charge >= 0.3 is 0 Å². The molecule has 0 saturated carbocycles. The molecule has 2 heterocycles. The summed E-state index contributed by atoms with van der Waals surface area (Å²) < 4.78 is 1.69. The molecule has 7 heteroatoms. The van der Waals surface area contributed by atoms with Crippen LogP contribution in [0.25, 0.3) is 0 Å². The lowest BCUT2D eigenvalue weighted by Gasteiger charge is -2.04. The molecule has 0 aliphatic carbocycles. The van der Waals surface area contributed by atoms with Crippen LogP contribution in [0, 0.1) is 0 Å². The molecule has 0 atom stereocenters. The van der Waals surface area contributed by atoms with Crippen LogP contribution in [-0.2, 0) is 0 Å². The fourth-order valence-electron chi connectivity index (χ4n) is 1.51. The predicted molar refractivity (Wildman–Crippen MR) is 73.4 cm³/mol. The van der Waals surface area contributed by atoms with Gasteiger partial charge in [-0.15, -0.1) is 11.3 Å². The zero-order valence-corrected chi connectivity index (χ0v) is 11.4. The van der Waals surface area contributed by atoms with Gasteiger partial charge in [-0.1, -0.05) is 0 Å². The number of carbonyl (C=O) groups is 2. The summed E-state index contributed by atoms with van der Waals surface area (Å²) in [6.45, 7) is 3.94. The molecule has 0 aliphatic heterocycles. The van der Waals surface area contributed by atoms with E-state index in [0.717, 1.165) is 0 Å². The lowest BCUT2D eigenvalue weighted by atomic mass is 10.3. The van der Waals surface area contributed by atoms with E-state index in [1.165, 1.54) is 11.3 Å². The third-order valence-electron chi connectivity index (χ3n) is 2.53. The van der Waals surface area contributed by atoms with Crippen molar-refractivity contribution in [3.63, 3.8) is 0 Å². The Morgan fingerprint density at radius 1 is 1.42 bits per heavy atom. The number of rotatable bonds is 4. The molecule has 2 aromatic heterocycles. The minimum Gasteiger partial charge on any atom is -0.366 e. The van der Waals surface area contributed by atoms with E-state index in [0.29, 0.717) is 16.3 Å². The number of nitrogens with zero attached hydrogens (tertiary/aromatic N) is 2. The average molecular weight is 278 g/mol. The van der Waals surface area contributed by atoms with Crippen molar-refractivity contribution in [1.82, 2.24) is 9.78 Å². The summed E-state index contributed by atoms with van der Waals surface area (Å²) in [4.78, 5) is 23.1.